The summed E-state index contributed by atoms with van der Waals surface area (Å²) in [7, 11) is -3.82. The summed E-state index contributed by atoms with van der Waals surface area (Å²) in [5.74, 6) is 0. The van der Waals surface area contributed by atoms with Crippen LogP contribution in [0.3, 0.4) is 0 Å². The monoisotopic (exact) mass is 296 g/mol. The molecular formula is C11H15F3N2O2S. The Morgan fingerprint density at radius 3 is 2.42 bits per heavy atom. The number of nitrogens with one attached hydrogen (secondary N) is 1. The van der Waals surface area contributed by atoms with Crippen molar-refractivity contribution in [3.8, 4) is 0 Å². The Balaban J connectivity index is 2.66. The molecule has 1 rings (SSSR count). The van der Waals surface area contributed by atoms with Gasteiger partial charge in [-0.15, -0.1) is 0 Å². The van der Waals surface area contributed by atoms with Crippen molar-refractivity contribution in [3.05, 3.63) is 23.8 Å². The van der Waals surface area contributed by atoms with Gasteiger partial charge in [-0.3, -0.25) is 0 Å². The molecule has 0 aliphatic heterocycles. The van der Waals surface area contributed by atoms with Gasteiger partial charge in [-0.25, -0.2) is 13.1 Å². The second kappa shape index (κ2) is 5.79. The predicted octanol–water partition coefficient (Wildman–Crippen LogP) is 2.20. The lowest BCUT2D eigenvalue weighted by molar-refractivity contribution is -0.135. The van der Waals surface area contributed by atoms with Crippen LogP contribution in [0.4, 0.5) is 18.9 Å². The second-order valence-corrected chi connectivity index (χ2v) is 5.96. The van der Waals surface area contributed by atoms with E-state index in [-0.39, 0.29) is 23.5 Å². The first-order chi connectivity index (χ1) is 8.60. The second-order valence-electron chi connectivity index (χ2n) is 4.20. The molecule has 1 aromatic rings. The van der Waals surface area contributed by atoms with Gasteiger partial charge in [-0.2, -0.15) is 13.2 Å². The third kappa shape index (κ3) is 5.48. The number of nitrogens with two attached hydrogens (primary N) is 1. The molecule has 0 saturated heterocycles. The van der Waals surface area contributed by atoms with Gasteiger partial charge >= 0.3 is 6.18 Å². The van der Waals surface area contributed by atoms with Crippen molar-refractivity contribution in [3.63, 3.8) is 0 Å². The van der Waals surface area contributed by atoms with Crippen LogP contribution in [0.15, 0.2) is 23.1 Å². The summed E-state index contributed by atoms with van der Waals surface area (Å²) in [6.07, 6.45) is -5.60. The van der Waals surface area contributed by atoms with Gasteiger partial charge in [0.1, 0.15) is 0 Å². The van der Waals surface area contributed by atoms with Crippen LogP contribution in [0, 0.1) is 6.92 Å². The number of rotatable bonds is 5. The topological polar surface area (TPSA) is 72.2 Å². The van der Waals surface area contributed by atoms with Gasteiger partial charge in [0.05, 0.1) is 4.90 Å². The molecular weight excluding hydrogens is 281 g/mol. The van der Waals surface area contributed by atoms with E-state index in [1.54, 1.807) is 13.0 Å². The van der Waals surface area contributed by atoms with Gasteiger partial charge in [0, 0.05) is 18.7 Å². The van der Waals surface area contributed by atoms with Gasteiger partial charge in [0.25, 0.3) is 0 Å². The number of sulfonamides is 1. The highest BCUT2D eigenvalue weighted by Crippen LogP contribution is 2.21. The van der Waals surface area contributed by atoms with Crippen molar-refractivity contribution in [1.29, 1.82) is 0 Å². The fourth-order valence-corrected chi connectivity index (χ4v) is 2.72. The standard InChI is InChI=1S/C11H15F3N2O2S/c1-8-5-9(15)7-10(6-8)19(17,18)16-4-2-3-11(12,13)14/h5-7,16H,2-4,15H2,1H3. The van der Waals surface area contributed by atoms with Crippen LogP contribution < -0.4 is 10.5 Å². The molecule has 0 aliphatic rings. The first kappa shape index (κ1) is 15.8. The lowest BCUT2D eigenvalue weighted by Crippen LogP contribution is -2.26. The summed E-state index contributed by atoms with van der Waals surface area (Å²) < 4.78 is 61.5. The van der Waals surface area contributed by atoms with E-state index in [9.17, 15) is 21.6 Å². The van der Waals surface area contributed by atoms with Crippen LogP contribution >= 0.6 is 0 Å². The molecule has 108 valence electrons. The quantitative estimate of drug-likeness (QED) is 0.646. The van der Waals surface area contributed by atoms with Gasteiger partial charge in [-0.05, 0) is 37.1 Å². The van der Waals surface area contributed by atoms with Crippen LogP contribution in [0.25, 0.3) is 0 Å². The highest BCUT2D eigenvalue weighted by Gasteiger charge is 2.26. The number of hydrogen-bond acceptors (Lipinski definition) is 3. The molecule has 0 atom stereocenters. The van der Waals surface area contributed by atoms with Crippen LogP contribution in [0.5, 0.6) is 0 Å². The van der Waals surface area contributed by atoms with Crippen LogP contribution in [0.2, 0.25) is 0 Å². The van der Waals surface area contributed by atoms with E-state index in [0.29, 0.717) is 5.56 Å². The molecule has 4 nitrogen and oxygen atoms in total. The Labute approximate surface area is 109 Å². The fraction of sp³-hybridized carbons (Fsp3) is 0.455. The molecule has 3 N–H and O–H groups in total. The smallest absolute Gasteiger partial charge is 0.389 e. The number of aryl methyl sites for hydroxylation is 1. The highest BCUT2D eigenvalue weighted by molar-refractivity contribution is 7.89. The maximum atomic E-state index is 11.9. The van der Waals surface area contributed by atoms with E-state index in [1.807, 2.05) is 0 Å². The van der Waals surface area contributed by atoms with Crippen molar-refractivity contribution >= 4 is 15.7 Å². The molecule has 0 aliphatic carbocycles. The molecule has 0 saturated carbocycles. The molecule has 8 heteroatoms. The van der Waals surface area contributed by atoms with E-state index >= 15 is 0 Å². The first-order valence-electron chi connectivity index (χ1n) is 5.54. The van der Waals surface area contributed by atoms with Gasteiger partial charge in [0.2, 0.25) is 10.0 Å². The summed E-state index contributed by atoms with van der Waals surface area (Å²) in [6, 6.07) is 4.27. The number of alkyl halides is 3. The fourth-order valence-electron chi connectivity index (χ4n) is 1.51. The SMILES string of the molecule is Cc1cc(N)cc(S(=O)(=O)NCCCC(F)(F)F)c1. The largest absolute Gasteiger partial charge is 0.399 e. The summed E-state index contributed by atoms with van der Waals surface area (Å²) >= 11 is 0. The van der Waals surface area contributed by atoms with Crippen molar-refractivity contribution in [2.24, 2.45) is 0 Å². The molecule has 19 heavy (non-hydrogen) atoms. The minimum Gasteiger partial charge on any atom is -0.399 e. The zero-order chi connectivity index (χ0) is 14.7. The highest BCUT2D eigenvalue weighted by atomic mass is 32.2. The van der Waals surface area contributed by atoms with E-state index < -0.39 is 22.6 Å². The summed E-state index contributed by atoms with van der Waals surface area (Å²) in [6.45, 7) is 1.41. The minimum atomic E-state index is -4.28. The van der Waals surface area contributed by atoms with Crippen molar-refractivity contribution in [2.45, 2.75) is 30.8 Å². The molecule has 0 fully saturated rings. The minimum absolute atomic E-state index is 0.0444. The lowest BCUT2D eigenvalue weighted by Gasteiger charge is -2.09. The molecule has 0 radical (unpaired) electrons. The molecule has 0 heterocycles. The first-order valence-corrected chi connectivity index (χ1v) is 7.02. The summed E-state index contributed by atoms with van der Waals surface area (Å²) in [5.41, 5.74) is 6.48. The lowest BCUT2D eigenvalue weighted by atomic mass is 10.2. The number of halogens is 3. The number of benzene rings is 1. The van der Waals surface area contributed by atoms with Crippen LogP contribution in [-0.4, -0.2) is 21.1 Å². The third-order valence-electron chi connectivity index (χ3n) is 2.31. The van der Waals surface area contributed by atoms with Gasteiger partial charge in [0.15, 0.2) is 0 Å². The molecule has 0 unspecified atom stereocenters. The maximum absolute atomic E-state index is 11.9. The average molecular weight is 296 g/mol. The normalized spacial score (nSPS) is 12.6. The van der Waals surface area contributed by atoms with E-state index in [4.69, 9.17) is 5.73 Å². The predicted molar refractivity (Wildman–Crippen MR) is 66.1 cm³/mol. The third-order valence-corrected chi connectivity index (χ3v) is 3.75. The van der Waals surface area contributed by atoms with Gasteiger partial charge < -0.3 is 5.73 Å². The van der Waals surface area contributed by atoms with E-state index in [1.165, 1.54) is 12.1 Å². The van der Waals surface area contributed by atoms with E-state index in [0.717, 1.165) is 0 Å². The molecule has 0 spiro atoms. The molecule has 0 bridgehead atoms. The summed E-state index contributed by atoms with van der Waals surface area (Å²) in [5, 5.41) is 0. The van der Waals surface area contributed by atoms with Gasteiger partial charge in [-0.1, -0.05) is 0 Å². The zero-order valence-corrected chi connectivity index (χ0v) is 11.1. The van der Waals surface area contributed by atoms with Crippen molar-refractivity contribution in [2.75, 3.05) is 12.3 Å². The number of anilines is 1. The van der Waals surface area contributed by atoms with E-state index in [2.05, 4.69) is 4.72 Å². The van der Waals surface area contributed by atoms with Crippen LogP contribution in [-0.2, 0) is 10.0 Å². The Bertz CT molecular complexity index is 521. The van der Waals surface area contributed by atoms with Crippen LogP contribution in [0.1, 0.15) is 18.4 Å². The molecule has 1 aromatic carbocycles. The Morgan fingerprint density at radius 2 is 1.89 bits per heavy atom. The maximum Gasteiger partial charge on any atom is 0.389 e. The Hall–Kier alpha value is -1.28. The molecule has 0 amide bonds. The van der Waals surface area contributed by atoms with Crippen molar-refractivity contribution in [1.82, 2.24) is 4.72 Å². The molecule has 0 aromatic heterocycles. The zero-order valence-electron chi connectivity index (χ0n) is 10.3. The number of nitrogen functional groups attached to an aromatic ring is 1. The Kier molecular flexibility index (Phi) is 4.81. The Morgan fingerprint density at radius 1 is 1.26 bits per heavy atom. The van der Waals surface area contributed by atoms with Crippen molar-refractivity contribution < 1.29 is 21.6 Å². The average Bonchev–Trinajstić information content (AvgIpc) is 2.22. The summed E-state index contributed by atoms with van der Waals surface area (Å²) in [4.78, 5) is -0.0444. The number of hydrogen-bond donors (Lipinski definition) is 2.